The van der Waals surface area contributed by atoms with Crippen LogP contribution < -0.4 is 10.2 Å². The third-order valence-corrected chi connectivity index (χ3v) is 3.84. The van der Waals surface area contributed by atoms with Gasteiger partial charge in [-0.25, -0.2) is 0 Å². The molecule has 1 saturated heterocycles. The third-order valence-electron chi connectivity index (χ3n) is 3.84. The third kappa shape index (κ3) is 3.05. The number of nitrogens with zero attached hydrogens (tertiary/aromatic N) is 1. The summed E-state index contributed by atoms with van der Waals surface area (Å²) in [5, 5.41) is 0. The summed E-state index contributed by atoms with van der Waals surface area (Å²) in [6, 6.07) is 1.92. The molecule has 5 heteroatoms. The van der Waals surface area contributed by atoms with E-state index in [9.17, 15) is 0 Å². The second-order valence-corrected chi connectivity index (χ2v) is 5.92. The van der Waals surface area contributed by atoms with Gasteiger partial charge >= 0.3 is 7.12 Å². The van der Waals surface area contributed by atoms with Crippen molar-refractivity contribution in [2.24, 2.45) is 0 Å². The van der Waals surface area contributed by atoms with Crippen LogP contribution in [0.1, 0.15) is 34.6 Å². The summed E-state index contributed by atoms with van der Waals surface area (Å²) < 4.78 is 17.6. The number of rotatable bonds is 4. The smallest absolute Gasteiger partial charge is 0.488 e. The van der Waals surface area contributed by atoms with Crippen LogP contribution in [0.4, 0.5) is 0 Å². The molecule has 108 valence electrons. The zero-order valence-electron chi connectivity index (χ0n) is 12.8. The fraction of sp³-hybridized carbons (Fsp3) is 0.533. The molecule has 1 aliphatic rings. The molecule has 2 heterocycles. The normalized spacial score (nSPS) is 20.6. The monoisotopic (exact) mass is 275 g/mol. The molecule has 4 nitrogen and oxygen atoms in total. The first-order valence-corrected chi connectivity index (χ1v) is 6.90. The van der Waals surface area contributed by atoms with Gasteiger partial charge in [0.15, 0.2) is 0 Å². The summed E-state index contributed by atoms with van der Waals surface area (Å²) >= 11 is 0. The molecule has 0 N–H and O–H groups in total. The molecule has 0 spiro atoms. The maximum atomic E-state index is 6.00. The zero-order valence-corrected chi connectivity index (χ0v) is 12.8. The minimum absolute atomic E-state index is 0.348. The Kier molecular flexibility index (Phi) is 4.21. The quantitative estimate of drug-likeness (QED) is 0.624. The van der Waals surface area contributed by atoms with E-state index in [4.69, 9.17) is 14.0 Å². The molecule has 1 aliphatic heterocycles. The average molecular weight is 275 g/mol. The summed E-state index contributed by atoms with van der Waals surface area (Å²) in [5.74, 6) is 0.718. The van der Waals surface area contributed by atoms with Crippen molar-refractivity contribution in [3.63, 3.8) is 0 Å². The molecule has 0 aliphatic carbocycles. The van der Waals surface area contributed by atoms with Gasteiger partial charge in [0, 0.05) is 11.7 Å². The minimum atomic E-state index is -0.405. The van der Waals surface area contributed by atoms with Gasteiger partial charge in [0.05, 0.1) is 17.4 Å². The summed E-state index contributed by atoms with van der Waals surface area (Å²) in [4.78, 5) is 4.19. The Labute approximate surface area is 121 Å². The first-order valence-electron chi connectivity index (χ1n) is 6.90. The van der Waals surface area contributed by atoms with Gasteiger partial charge in [0.1, 0.15) is 12.4 Å². The molecule has 1 aromatic rings. The molecule has 0 bridgehead atoms. The number of allylic oxidation sites excluding steroid dienone is 1. The Hall–Kier alpha value is -1.33. The van der Waals surface area contributed by atoms with Crippen LogP contribution in [0.2, 0.25) is 0 Å². The average Bonchev–Trinajstić information content (AvgIpc) is 2.59. The molecule has 1 fully saturated rings. The van der Waals surface area contributed by atoms with Gasteiger partial charge in [-0.05, 0) is 40.7 Å². The van der Waals surface area contributed by atoms with Crippen molar-refractivity contribution in [1.82, 2.24) is 4.98 Å². The number of aromatic nitrogens is 1. The van der Waals surface area contributed by atoms with E-state index in [-0.39, 0.29) is 11.2 Å². The van der Waals surface area contributed by atoms with E-state index in [0.29, 0.717) is 6.61 Å². The lowest BCUT2D eigenvalue weighted by Crippen LogP contribution is -2.41. The largest absolute Gasteiger partial charge is 0.496 e. The van der Waals surface area contributed by atoms with Gasteiger partial charge < -0.3 is 14.0 Å². The van der Waals surface area contributed by atoms with Crippen molar-refractivity contribution in [1.29, 1.82) is 0 Å². The standard InChI is InChI=1S/C15H22BNO3/c1-6-7-8-18-13-9-12(10-17-11-13)16-19-14(2,3)15(4,5)20-16/h6-7,9-11H,8H2,1-5H3. The van der Waals surface area contributed by atoms with E-state index >= 15 is 0 Å². The maximum Gasteiger partial charge on any atom is 0.496 e. The van der Waals surface area contributed by atoms with Gasteiger partial charge in [-0.3, -0.25) is 4.98 Å². The molecular formula is C15H22BNO3. The lowest BCUT2D eigenvalue weighted by molar-refractivity contribution is 0.00578. The molecular weight excluding hydrogens is 253 g/mol. The molecule has 0 unspecified atom stereocenters. The highest BCUT2D eigenvalue weighted by molar-refractivity contribution is 6.62. The fourth-order valence-corrected chi connectivity index (χ4v) is 1.86. The van der Waals surface area contributed by atoms with Crippen molar-refractivity contribution in [3.05, 3.63) is 30.6 Å². The summed E-state index contributed by atoms with van der Waals surface area (Å²) in [7, 11) is -0.405. The van der Waals surface area contributed by atoms with E-state index in [2.05, 4.69) is 4.98 Å². The first kappa shape index (κ1) is 15.1. The van der Waals surface area contributed by atoms with E-state index < -0.39 is 7.12 Å². The highest BCUT2D eigenvalue weighted by Gasteiger charge is 2.51. The van der Waals surface area contributed by atoms with E-state index in [1.165, 1.54) is 0 Å². The van der Waals surface area contributed by atoms with Crippen LogP contribution in [0.15, 0.2) is 30.6 Å². The van der Waals surface area contributed by atoms with Crippen molar-refractivity contribution in [2.45, 2.75) is 45.8 Å². The molecule has 0 aromatic carbocycles. The minimum Gasteiger partial charge on any atom is -0.488 e. The van der Waals surface area contributed by atoms with Crippen LogP contribution in [0.5, 0.6) is 5.75 Å². The van der Waals surface area contributed by atoms with Crippen molar-refractivity contribution in [2.75, 3.05) is 6.61 Å². The van der Waals surface area contributed by atoms with Crippen LogP contribution in [0.3, 0.4) is 0 Å². The molecule has 0 atom stereocenters. The Morgan fingerprint density at radius 3 is 2.45 bits per heavy atom. The number of pyridine rings is 1. The van der Waals surface area contributed by atoms with Crippen LogP contribution in [-0.4, -0.2) is 29.9 Å². The second kappa shape index (κ2) is 5.58. The van der Waals surface area contributed by atoms with Crippen LogP contribution >= 0.6 is 0 Å². The van der Waals surface area contributed by atoms with Crippen molar-refractivity contribution >= 4 is 12.6 Å². The number of hydrogen-bond acceptors (Lipinski definition) is 4. The maximum absolute atomic E-state index is 6.00. The predicted octanol–water partition coefficient (Wildman–Crippen LogP) is 2.34. The van der Waals surface area contributed by atoms with Gasteiger partial charge in [-0.15, -0.1) is 0 Å². The van der Waals surface area contributed by atoms with Crippen LogP contribution in [0, 0.1) is 0 Å². The Morgan fingerprint density at radius 1 is 1.20 bits per heavy atom. The molecule has 0 radical (unpaired) electrons. The summed E-state index contributed by atoms with van der Waals surface area (Å²) in [6.45, 7) is 10.6. The van der Waals surface area contributed by atoms with E-state index in [1.54, 1.807) is 12.4 Å². The summed E-state index contributed by atoms with van der Waals surface area (Å²) in [5.41, 5.74) is 0.181. The Morgan fingerprint density at radius 2 is 1.85 bits per heavy atom. The molecule has 20 heavy (non-hydrogen) atoms. The van der Waals surface area contributed by atoms with Crippen molar-refractivity contribution in [3.8, 4) is 5.75 Å². The highest BCUT2D eigenvalue weighted by atomic mass is 16.7. The van der Waals surface area contributed by atoms with Gasteiger partial charge in [0.25, 0.3) is 0 Å². The molecule has 0 saturated carbocycles. The van der Waals surface area contributed by atoms with E-state index in [1.807, 2.05) is 52.8 Å². The van der Waals surface area contributed by atoms with Crippen LogP contribution in [0.25, 0.3) is 0 Å². The Bertz CT molecular complexity index is 484. The van der Waals surface area contributed by atoms with E-state index in [0.717, 1.165) is 11.2 Å². The number of hydrogen-bond donors (Lipinski definition) is 0. The molecule has 2 rings (SSSR count). The van der Waals surface area contributed by atoms with Crippen molar-refractivity contribution < 1.29 is 14.0 Å². The first-order chi connectivity index (χ1) is 9.36. The Balaban J connectivity index is 2.12. The zero-order chi connectivity index (χ0) is 14.8. The van der Waals surface area contributed by atoms with Gasteiger partial charge in [0.2, 0.25) is 0 Å². The highest BCUT2D eigenvalue weighted by Crippen LogP contribution is 2.36. The van der Waals surface area contributed by atoms with Crippen LogP contribution in [-0.2, 0) is 9.31 Å². The summed E-state index contributed by atoms with van der Waals surface area (Å²) in [6.07, 6.45) is 7.34. The lowest BCUT2D eigenvalue weighted by atomic mass is 9.80. The lowest BCUT2D eigenvalue weighted by Gasteiger charge is -2.32. The van der Waals surface area contributed by atoms with Gasteiger partial charge in [-0.1, -0.05) is 12.2 Å². The van der Waals surface area contributed by atoms with Gasteiger partial charge in [-0.2, -0.15) is 0 Å². The topological polar surface area (TPSA) is 40.6 Å². The number of ether oxygens (including phenoxy) is 1. The predicted molar refractivity (Wildman–Crippen MR) is 80.3 cm³/mol. The molecule has 0 amide bonds. The SMILES string of the molecule is CC=CCOc1cncc(B2OC(C)(C)C(C)(C)O2)c1. The fourth-order valence-electron chi connectivity index (χ4n) is 1.86. The molecule has 1 aromatic heterocycles. The second-order valence-electron chi connectivity index (χ2n) is 5.92.